The highest BCUT2D eigenvalue weighted by molar-refractivity contribution is 7.89. The van der Waals surface area contributed by atoms with Crippen LogP contribution >= 0.6 is 24.0 Å². The van der Waals surface area contributed by atoms with Crippen LogP contribution in [0.2, 0.25) is 5.02 Å². The molecule has 0 bridgehead atoms. The van der Waals surface area contributed by atoms with Crippen LogP contribution in [0.4, 0.5) is 0 Å². The largest absolute Gasteiger partial charge is 0.327 e. The van der Waals surface area contributed by atoms with E-state index in [9.17, 15) is 8.42 Å². The molecule has 1 fully saturated rings. The van der Waals surface area contributed by atoms with Crippen LogP contribution in [0.1, 0.15) is 53.9 Å². The van der Waals surface area contributed by atoms with E-state index in [1.807, 2.05) is 18.2 Å². The molecule has 4 rings (SSSR count). The Bertz CT molecular complexity index is 993. The van der Waals surface area contributed by atoms with E-state index in [0.717, 1.165) is 50.0 Å². The Morgan fingerprint density at radius 2 is 1.87 bits per heavy atom. The molecule has 2 aromatic carbocycles. The van der Waals surface area contributed by atoms with Gasteiger partial charge in [0.15, 0.2) is 0 Å². The highest BCUT2D eigenvalue weighted by atomic mass is 35.5. The second-order valence-corrected chi connectivity index (χ2v) is 11.2. The molecule has 2 unspecified atom stereocenters. The van der Waals surface area contributed by atoms with E-state index in [-0.39, 0.29) is 30.1 Å². The van der Waals surface area contributed by atoms with E-state index in [0.29, 0.717) is 12.5 Å². The third-order valence-corrected chi connectivity index (χ3v) is 8.12. The summed E-state index contributed by atoms with van der Waals surface area (Å²) < 4.78 is 26.8. The number of benzene rings is 2. The van der Waals surface area contributed by atoms with Crippen LogP contribution in [0, 0.1) is 5.92 Å². The van der Waals surface area contributed by atoms with Crippen molar-refractivity contribution in [1.82, 2.24) is 4.72 Å². The molecule has 4 nitrogen and oxygen atoms in total. The third-order valence-electron chi connectivity index (χ3n) is 6.33. The van der Waals surface area contributed by atoms with Crippen molar-refractivity contribution < 1.29 is 8.42 Å². The fourth-order valence-corrected chi connectivity index (χ4v) is 6.22. The lowest BCUT2D eigenvalue weighted by Gasteiger charge is -2.32. The lowest BCUT2D eigenvalue weighted by Crippen LogP contribution is -2.34. The molecule has 2 atom stereocenters. The van der Waals surface area contributed by atoms with Gasteiger partial charge in [-0.25, -0.2) is 13.1 Å². The molecule has 0 amide bonds. The van der Waals surface area contributed by atoms with Crippen LogP contribution in [0.25, 0.3) is 0 Å². The minimum absolute atomic E-state index is 0. The van der Waals surface area contributed by atoms with Gasteiger partial charge in [0.2, 0.25) is 10.0 Å². The Hall–Kier alpha value is -1.11. The smallest absolute Gasteiger partial charge is 0.211 e. The number of hydrogen-bond donors (Lipinski definition) is 2. The molecule has 2 aliphatic rings. The van der Waals surface area contributed by atoms with Crippen LogP contribution in [-0.2, 0) is 29.3 Å². The Morgan fingerprint density at radius 1 is 1.06 bits per heavy atom. The number of sulfonamides is 1. The van der Waals surface area contributed by atoms with Gasteiger partial charge in [0.1, 0.15) is 0 Å². The number of fused-ring (bicyclic) bond motifs is 1. The minimum atomic E-state index is -3.12. The van der Waals surface area contributed by atoms with Crippen LogP contribution in [0.3, 0.4) is 0 Å². The SMILES string of the molecule is Cl.NC1CCc2ccc(CCCNS(=O)(=O)CC3CC3)cc2C1Cc1cccc(Cl)c1. The number of aryl methyl sites for hydroxylation is 2. The van der Waals surface area contributed by atoms with E-state index >= 15 is 0 Å². The van der Waals surface area contributed by atoms with Gasteiger partial charge in [0, 0.05) is 23.5 Å². The first kappa shape index (κ1) is 24.5. The first-order valence-corrected chi connectivity index (χ1v) is 13.0. The average molecular weight is 484 g/mol. The summed E-state index contributed by atoms with van der Waals surface area (Å²) in [5, 5.41) is 0.759. The number of halogens is 2. The molecule has 0 aliphatic heterocycles. The summed E-state index contributed by atoms with van der Waals surface area (Å²) in [5.41, 5.74) is 11.7. The van der Waals surface area contributed by atoms with Gasteiger partial charge in [0.05, 0.1) is 5.75 Å². The Kier molecular flexibility index (Phi) is 8.44. The van der Waals surface area contributed by atoms with Gasteiger partial charge in [-0.3, -0.25) is 0 Å². The van der Waals surface area contributed by atoms with Gasteiger partial charge in [-0.2, -0.15) is 0 Å². The Morgan fingerprint density at radius 3 is 2.61 bits per heavy atom. The summed E-state index contributed by atoms with van der Waals surface area (Å²) in [7, 11) is -3.12. The predicted octanol–water partition coefficient (Wildman–Crippen LogP) is 4.62. The molecule has 7 heteroatoms. The van der Waals surface area contributed by atoms with E-state index in [4.69, 9.17) is 17.3 Å². The summed E-state index contributed by atoms with van der Waals surface area (Å²) in [6.45, 7) is 0.498. The third kappa shape index (κ3) is 6.93. The molecule has 0 heterocycles. The maximum absolute atomic E-state index is 12.0. The maximum Gasteiger partial charge on any atom is 0.211 e. The van der Waals surface area contributed by atoms with Crippen LogP contribution < -0.4 is 10.5 Å². The molecule has 1 saturated carbocycles. The molecule has 0 saturated heterocycles. The maximum atomic E-state index is 12.0. The highest BCUT2D eigenvalue weighted by Crippen LogP contribution is 2.35. The quantitative estimate of drug-likeness (QED) is 0.511. The molecule has 2 aromatic rings. The first-order chi connectivity index (χ1) is 14.4. The van der Waals surface area contributed by atoms with Gasteiger partial charge in [-0.1, -0.05) is 41.9 Å². The van der Waals surface area contributed by atoms with Crippen molar-refractivity contribution in [2.75, 3.05) is 12.3 Å². The van der Waals surface area contributed by atoms with Crippen molar-refractivity contribution >= 4 is 34.0 Å². The van der Waals surface area contributed by atoms with Gasteiger partial charge in [-0.05, 0) is 85.3 Å². The fraction of sp³-hybridized carbons (Fsp3) is 0.500. The normalized spacial score (nSPS) is 20.7. The second kappa shape index (κ2) is 10.7. The number of rotatable bonds is 9. The van der Waals surface area contributed by atoms with Crippen molar-refractivity contribution in [2.45, 2.75) is 56.9 Å². The zero-order chi connectivity index (χ0) is 21.1. The lowest BCUT2D eigenvalue weighted by molar-refractivity contribution is 0.467. The molecule has 0 spiro atoms. The van der Waals surface area contributed by atoms with Crippen LogP contribution in [0.15, 0.2) is 42.5 Å². The zero-order valence-electron chi connectivity index (χ0n) is 17.7. The highest BCUT2D eigenvalue weighted by Gasteiger charge is 2.28. The van der Waals surface area contributed by atoms with Crippen molar-refractivity contribution in [3.63, 3.8) is 0 Å². The van der Waals surface area contributed by atoms with Gasteiger partial charge in [-0.15, -0.1) is 12.4 Å². The molecule has 170 valence electrons. The topological polar surface area (TPSA) is 72.2 Å². The monoisotopic (exact) mass is 482 g/mol. The average Bonchev–Trinajstić information content (AvgIpc) is 3.51. The molecule has 3 N–H and O–H groups in total. The molecule has 0 aromatic heterocycles. The van der Waals surface area contributed by atoms with E-state index in [2.05, 4.69) is 29.0 Å². The van der Waals surface area contributed by atoms with Crippen LogP contribution in [-0.4, -0.2) is 26.8 Å². The summed E-state index contributed by atoms with van der Waals surface area (Å²) >= 11 is 6.18. The Labute approximate surface area is 197 Å². The van der Waals surface area contributed by atoms with Gasteiger partial charge >= 0.3 is 0 Å². The molecule has 0 radical (unpaired) electrons. The Balaban J connectivity index is 0.00000272. The van der Waals surface area contributed by atoms with E-state index < -0.39 is 10.0 Å². The van der Waals surface area contributed by atoms with E-state index in [1.54, 1.807) is 0 Å². The zero-order valence-corrected chi connectivity index (χ0v) is 20.1. The summed E-state index contributed by atoms with van der Waals surface area (Å²) in [6.07, 6.45) is 6.67. The van der Waals surface area contributed by atoms with Gasteiger partial charge < -0.3 is 5.73 Å². The summed E-state index contributed by atoms with van der Waals surface area (Å²) in [6, 6.07) is 14.9. The summed E-state index contributed by atoms with van der Waals surface area (Å²) in [5.74, 6) is 0.947. The predicted molar refractivity (Wildman–Crippen MR) is 131 cm³/mol. The second-order valence-electron chi connectivity index (χ2n) is 8.90. The molecular weight excluding hydrogens is 451 g/mol. The van der Waals surface area contributed by atoms with Crippen molar-refractivity contribution in [1.29, 1.82) is 0 Å². The lowest BCUT2D eigenvalue weighted by atomic mass is 9.76. The first-order valence-electron chi connectivity index (χ1n) is 11.0. The molecule has 2 aliphatic carbocycles. The standard InChI is InChI=1S/C24H31ClN2O2S.ClH/c25-21-5-1-3-19(13-21)15-23-22-14-17(8-9-20(22)10-11-24(23)26)4-2-12-27-30(28,29)16-18-6-7-18;/h1,3,5,8-9,13-14,18,23-24,27H,2,4,6-7,10-12,15-16,26H2;1H. The molecule has 31 heavy (non-hydrogen) atoms. The van der Waals surface area contributed by atoms with Crippen molar-refractivity contribution in [2.24, 2.45) is 11.7 Å². The van der Waals surface area contributed by atoms with Crippen LogP contribution in [0.5, 0.6) is 0 Å². The summed E-state index contributed by atoms with van der Waals surface area (Å²) in [4.78, 5) is 0. The minimum Gasteiger partial charge on any atom is -0.327 e. The van der Waals surface area contributed by atoms with Crippen molar-refractivity contribution in [3.8, 4) is 0 Å². The number of nitrogens with one attached hydrogen (secondary N) is 1. The number of hydrogen-bond acceptors (Lipinski definition) is 3. The fourth-order valence-electron chi connectivity index (χ4n) is 4.48. The van der Waals surface area contributed by atoms with Crippen molar-refractivity contribution in [3.05, 3.63) is 69.7 Å². The van der Waals surface area contributed by atoms with Gasteiger partial charge in [0.25, 0.3) is 0 Å². The number of nitrogens with two attached hydrogens (primary N) is 1. The van der Waals surface area contributed by atoms with E-state index in [1.165, 1.54) is 22.3 Å². The molecular formula is C24H32Cl2N2O2S.